The molecular weight excluding hydrogens is 210 g/mol. The van der Waals surface area contributed by atoms with Crippen LogP contribution in [0.15, 0.2) is 0 Å². The first-order chi connectivity index (χ1) is 7.65. The first-order valence-electron chi connectivity index (χ1n) is 5.11. The second-order valence-electron chi connectivity index (χ2n) is 3.76. The molecule has 1 atom stereocenters. The van der Waals surface area contributed by atoms with Crippen molar-refractivity contribution in [3.63, 3.8) is 0 Å². The summed E-state index contributed by atoms with van der Waals surface area (Å²) in [4.78, 5) is 26.4. The zero-order valence-electron chi connectivity index (χ0n) is 8.91. The lowest BCUT2D eigenvalue weighted by atomic mass is 10.2. The molecule has 0 spiro atoms. The number of aryl methyl sites for hydroxylation is 1. The van der Waals surface area contributed by atoms with Gasteiger partial charge < -0.3 is 10.6 Å². The van der Waals surface area contributed by atoms with E-state index in [0.717, 1.165) is 6.42 Å². The lowest BCUT2D eigenvalue weighted by Crippen LogP contribution is -2.38. The summed E-state index contributed by atoms with van der Waals surface area (Å²) in [6.07, 6.45) is 1.28. The fraction of sp³-hybridized carbons (Fsp3) is 0.556. The number of hydrogen-bond donors (Lipinski definition) is 3. The molecule has 3 N–H and O–H groups in total. The predicted molar refractivity (Wildman–Crippen MR) is 54.6 cm³/mol. The van der Waals surface area contributed by atoms with Gasteiger partial charge in [0.25, 0.3) is 5.91 Å². The summed E-state index contributed by atoms with van der Waals surface area (Å²) in [5, 5.41) is 11.8. The monoisotopic (exact) mass is 223 g/mol. The predicted octanol–water partition coefficient (Wildman–Crippen LogP) is -0.878. The molecule has 7 nitrogen and oxygen atoms in total. The minimum atomic E-state index is -0.328. The van der Waals surface area contributed by atoms with E-state index in [-0.39, 0.29) is 23.7 Å². The summed E-state index contributed by atoms with van der Waals surface area (Å²) in [6.45, 7) is 2.14. The van der Waals surface area contributed by atoms with Gasteiger partial charge in [-0.25, -0.2) is 4.98 Å². The normalized spacial score (nSPS) is 19.6. The van der Waals surface area contributed by atoms with Crippen LogP contribution in [-0.2, 0) is 4.79 Å². The largest absolute Gasteiger partial charge is 0.352 e. The van der Waals surface area contributed by atoms with Gasteiger partial charge in [-0.1, -0.05) is 0 Å². The zero-order valence-corrected chi connectivity index (χ0v) is 8.91. The van der Waals surface area contributed by atoms with Crippen LogP contribution in [0.1, 0.15) is 29.3 Å². The van der Waals surface area contributed by atoms with Gasteiger partial charge in [-0.3, -0.25) is 14.7 Å². The standard InChI is InChI=1S/C9H13N5O2/c1-5-11-8(14-13-5)9(16)10-4-6-2-3-7(15)12-6/h6H,2-4H2,1H3,(H,10,16)(H,12,15)(H,11,13,14). The molecule has 2 heterocycles. The molecule has 1 fully saturated rings. The van der Waals surface area contributed by atoms with E-state index in [1.807, 2.05) is 0 Å². The van der Waals surface area contributed by atoms with Crippen LogP contribution in [0, 0.1) is 6.92 Å². The molecule has 0 aliphatic carbocycles. The number of H-pyrrole nitrogens is 1. The average Bonchev–Trinajstić information content (AvgIpc) is 2.84. The lowest BCUT2D eigenvalue weighted by molar-refractivity contribution is -0.119. The maximum absolute atomic E-state index is 11.5. The van der Waals surface area contributed by atoms with E-state index >= 15 is 0 Å². The molecule has 1 aliphatic rings. The van der Waals surface area contributed by atoms with Crippen LogP contribution in [0.5, 0.6) is 0 Å². The van der Waals surface area contributed by atoms with Crippen molar-refractivity contribution in [3.05, 3.63) is 11.6 Å². The highest BCUT2D eigenvalue weighted by molar-refractivity contribution is 5.90. The van der Waals surface area contributed by atoms with Crippen molar-refractivity contribution < 1.29 is 9.59 Å². The Hall–Kier alpha value is -1.92. The summed E-state index contributed by atoms with van der Waals surface area (Å²) in [5.41, 5.74) is 0. The van der Waals surface area contributed by atoms with Crippen LogP contribution in [-0.4, -0.2) is 39.6 Å². The van der Waals surface area contributed by atoms with Crippen molar-refractivity contribution in [2.45, 2.75) is 25.8 Å². The Morgan fingerprint density at radius 2 is 2.44 bits per heavy atom. The fourth-order valence-electron chi connectivity index (χ4n) is 1.57. The van der Waals surface area contributed by atoms with Gasteiger partial charge in [-0.2, -0.15) is 0 Å². The van der Waals surface area contributed by atoms with E-state index < -0.39 is 0 Å². The molecule has 7 heteroatoms. The summed E-state index contributed by atoms with van der Waals surface area (Å²) in [7, 11) is 0. The highest BCUT2D eigenvalue weighted by atomic mass is 16.2. The molecule has 1 aliphatic heterocycles. The van der Waals surface area contributed by atoms with Crippen molar-refractivity contribution in [1.82, 2.24) is 25.8 Å². The van der Waals surface area contributed by atoms with E-state index in [1.54, 1.807) is 6.92 Å². The van der Waals surface area contributed by atoms with Crippen molar-refractivity contribution >= 4 is 11.8 Å². The summed E-state index contributed by atoms with van der Waals surface area (Å²) in [6, 6.07) is 0.0245. The second kappa shape index (κ2) is 4.30. The topological polar surface area (TPSA) is 99.8 Å². The molecule has 2 amide bonds. The number of nitrogens with one attached hydrogen (secondary N) is 3. The third kappa shape index (κ3) is 2.36. The van der Waals surface area contributed by atoms with Crippen LogP contribution in [0.4, 0.5) is 0 Å². The molecular formula is C9H13N5O2. The highest BCUT2D eigenvalue weighted by Gasteiger charge is 2.21. The van der Waals surface area contributed by atoms with Gasteiger partial charge in [0.2, 0.25) is 11.7 Å². The molecule has 0 radical (unpaired) electrons. The van der Waals surface area contributed by atoms with Crippen molar-refractivity contribution in [1.29, 1.82) is 0 Å². The van der Waals surface area contributed by atoms with E-state index in [2.05, 4.69) is 25.8 Å². The minimum absolute atomic E-state index is 0.0245. The summed E-state index contributed by atoms with van der Waals surface area (Å²) < 4.78 is 0. The third-order valence-electron chi connectivity index (χ3n) is 2.39. The van der Waals surface area contributed by atoms with Crippen LogP contribution >= 0.6 is 0 Å². The first-order valence-corrected chi connectivity index (χ1v) is 5.11. The minimum Gasteiger partial charge on any atom is -0.352 e. The van der Waals surface area contributed by atoms with Crippen molar-refractivity contribution in [3.8, 4) is 0 Å². The van der Waals surface area contributed by atoms with Gasteiger partial charge in [0.05, 0.1) is 0 Å². The summed E-state index contributed by atoms with van der Waals surface area (Å²) >= 11 is 0. The SMILES string of the molecule is Cc1nc(C(=O)NCC2CCC(=O)N2)n[nH]1. The van der Waals surface area contributed by atoms with Crippen molar-refractivity contribution in [2.75, 3.05) is 6.54 Å². The molecule has 2 rings (SSSR count). The fourth-order valence-corrected chi connectivity index (χ4v) is 1.57. The Balaban J connectivity index is 1.82. The number of aromatic amines is 1. The number of rotatable bonds is 3. The van der Waals surface area contributed by atoms with Gasteiger partial charge in [-0.15, -0.1) is 5.10 Å². The molecule has 1 saturated heterocycles. The van der Waals surface area contributed by atoms with Crippen LogP contribution in [0.25, 0.3) is 0 Å². The molecule has 1 aromatic heterocycles. The van der Waals surface area contributed by atoms with E-state index in [4.69, 9.17) is 0 Å². The van der Waals surface area contributed by atoms with Crippen LogP contribution in [0.2, 0.25) is 0 Å². The van der Waals surface area contributed by atoms with Gasteiger partial charge >= 0.3 is 0 Å². The number of carbonyl (C=O) groups is 2. The molecule has 16 heavy (non-hydrogen) atoms. The van der Waals surface area contributed by atoms with Crippen LogP contribution in [0.3, 0.4) is 0 Å². The van der Waals surface area contributed by atoms with E-state index in [9.17, 15) is 9.59 Å². The molecule has 0 aromatic carbocycles. The molecule has 1 aromatic rings. The quantitative estimate of drug-likeness (QED) is 0.619. The van der Waals surface area contributed by atoms with E-state index in [0.29, 0.717) is 18.8 Å². The van der Waals surface area contributed by atoms with E-state index in [1.165, 1.54) is 0 Å². The van der Waals surface area contributed by atoms with Gasteiger partial charge in [0.15, 0.2) is 0 Å². The smallest absolute Gasteiger partial charge is 0.291 e. The first kappa shape index (κ1) is 10.6. The van der Waals surface area contributed by atoms with Gasteiger partial charge in [-0.05, 0) is 13.3 Å². The highest BCUT2D eigenvalue weighted by Crippen LogP contribution is 2.05. The number of hydrogen-bond acceptors (Lipinski definition) is 4. The molecule has 86 valence electrons. The number of aromatic nitrogens is 3. The summed E-state index contributed by atoms with van der Waals surface area (Å²) in [5.74, 6) is 0.430. The van der Waals surface area contributed by atoms with Crippen molar-refractivity contribution in [2.24, 2.45) is 0 Å². The van der Waals surface area contributed by atoms with Crippen LogP contribution < -0.4 is 10.6 Å². The Morgan fingerprint density at radius 3 is 3.00 bits per heavy atom. The zero-order chi connectivity index (χ0) is 11.5. The Bertz CT molecular complexity index is 414. The lowest BCUT2D eigenvalue weighted by Gasteiger charge is -2.09. The number of amides is 2. The third-order valence-corrected chi connectivity index (χ3v) is 2.39. The molecule has 0 bridgehead atoms. The maximum Gasteiger partial charge on any atom is 0.291 e. The van der Waals surface area contributed by atoms with Gasteiger partial charge in [0.1, 0.15) is 5.82 Å². The second-order valence-corrected chi connectivity index (χ2v) is 3.76. The average molecular weight is 223 g/mol. The maximum atomic E-state index is 11.5. The molecule has 0 saturated carbocycles. The Morgan fingerprint density at radius 1 is 1.62 bits per heavy atom. The Labute approximate surface area is 92.0 Å². The molecule has 1 unspecified atom stereocenters. The Kier molecular flexibility index (Phi) is 2.84. The number of nitrogens with zero attached hydrogens (tertiary/aromatic N) is 2. The van der Waals surface area contributed by atoms with Gasteiger partial charge in [0, 0.05) is 19.0 Å². The number of carbonyl (C=O) groups excluding carboxylic acids is 2.